The smallest absolute Gasteiger partial charge is 0.306 e. The molecule has 7 rings (SSSR count). The standard InChI is InChI=1S/C54H56N4O14/c1-7-41(59)55-21-23-69-43(61)17-19-45(63)71-27-31(25-29(3)4)57-51(65)37-13-9-33-35-11-15-39-50-40(16-12-36(48(35)50)34-10-14-38(52(57)66)49(37)47(33)34)54(68)58(53(39)67)32(26-30(5)6)28-72-46(64)20-18-44(62)70-24-22-56-42(60)8-2/h7-16,29-32H,1-2,17-28H2,3-6H3,(H,55,59)(H,56,60). The average molecular weight is 985 g/mol. The van der Waals surface area contributed by atoms with Crippen LogP contribution >= 0.6 is 0 Å². The molecule has 18 nitrogen and oxygen atoms in total. The van der Waals surface area contributed by atoms with E-state index in [-0.39, 0.29) is 99.3 Å². The third-order valence-corrected chi connectivity index (χ3v) is 12.6. The summed E-state index contributed by atoms with van der Waals surface area (Å²) in [5.41, 5.74) is 1.09. The number of ether oxygens (including phenoxy) is 4. The lowest BCUT2D eigenvalue weighted by atomic mass is 9.81. The lowest BCUT2D eigenvalue weighted by Gasteiger charge is -2.35. The molecular weight excluding hydrogens is 929 g/mol. The monoisotopic (exact) mass is 984 g/mol. The van der Waals surface area contributed by atoms with Crippen molar-refractivity contribution in [3.05, 3.63) is 96.1 Å². The Morgan fingerprint density at radius 2 is 0.764 bits per heavy atom. The highest BCUT2D eigenvalue weighted by molar-refractivity contribution is 6.41. The van der Waals surface area contributed by atoms with Crippen LogP contribution in [0.3, 0.4) is 0 Å². The molecule has 5 aromatic carbocycles. The molecule has 2 aliphatic rings. The minimum atomic E-state index is -0.837. The predicted molar refractivity (Wildman–Crippen MR) is 264 cm³/mol. The molecule has 5 aromatic rings. The summed E-state index contributed by atoms with van der Waals surface area (Å²) in [5, 5.41) is 9.94. The second-order valence-corrected chi connectivity index (χ2v) is 18.5. The maximum absolute atomic E-state index is 14.6. The van der Waals surface area contributed by atoms with Crippen LogP contribution in [0.5, 0.6) is 0 Å². The number of carbonyl (C=O) groups is 10. The Balaban J connectivity index is 1.11. The van der Waals surface area contributed by atoms with Gasteiger partial charge in [0.05, 0.1) is 50.9 Å². The van der Waals surface area contributed by atoms with Crippen LogP contribution in [-0.2, 0) is 47.7 Å². The van der Waals surface area contributed by atoms with Gasteiger partial charge in [0, 0.05) is 33.0 Å². The second-order valence-electron chi connectivity index (χ2n) is 18.5. The number of amides is 6. The highest BCUT2D eigenvalue weighted by Gasteiger charge is 2.42. The van der Waals surface area contributed by atoms with E-state index in [0.29, 0.717) is 55.9 Å². The van der Waals surface area contributed by atoms with Gasteiger partial charge in [-0.25, -0.2) is 0 Å². The summed E-state index contributed by atoms with van der Waals surface area (Å²) in [5.74, 6) is -5.91. The van der Waals surface area contributed by atoms with Crippen molar-refractivity contribution in [2.45, 2.75) is 78.3 Å². The lowest BCUT2D eigenvalue weighted by molar-refractivity contribution is -0.151. The molecule has 0 saturated carbocycles. The van der Waals surface area contributed by atoms with E-state index < -0.39 is 71.4 Å². The lowest BCUT2D eigenvalue weighted by Crippen LogP contribution is -2.50. The summed E-state index contributed by atoms with van der Waals surface area (Å²) >= 11 is 0. The van der Waals surface area contributed by atoms with Crippen molar-refractivity contribution < 1.29 is 66.9 Å². The SMILES string of the molecule is C=CC(=O)NCCOC(=O)CCC(=O)OCC(CC(C)C)N1C(=O)c2ccc3c4ccc5c6c(ccc(c7ccc(c2c37)C1=O)c64)C(=O)N(C(COC(=O)CCC(=O)OCCNC(=O)C=C)CC(C)C)C5=O. The number of hydrogen-bond acceptors (Lipinski definition) is 14. The van der Waals surface area contributed by atoms with Crippen molar-refractivity contribution in [1.29, 1.82) is 0 Å². The highest BCUT2D eigenvalue weighted by atomic mass is 16.5. The van der Waals surface area contributed by atoms with Gasteiger partial charge in [-0.15, -0.1) is 0 Å². The Morgan fingerprint density at radius 3 is 1.04 bits per heavy atom. The van der Waals surface area contributed by atoms with Gasteiger partial charge in [-0.3, -0.25) is 57.7 Å². The summed E-state index contributed by atoms with van der Waals surface area (Å²) in [6.07, 6.45) is 1.64. The van der Waals surface area contributed by atoms with Gasteiger partial charge in [-0.2, -0.15) is 0 Å². The summed E-state index contributed by atoms with van der Waals surface area (Å²) in [4.78, 5) is 133. The quantitative estimate of drug-likeness (QED) is 0.0135. The fourth-order valence-corrected chi connectivity index (χ4v) is 9.45. The molecule has 6 amide bonds. The van der Waals surface area contributed by atoms with E-state index in [2.05, 4.69) is 23.8 Å². The largest absolute Gasteiger partial charge is 0.464 e. The molecule has 2 atom stereocenters. The number of fused-ring (bicyclic) bond motifs is 2. The van der Waals surface area contributed by atoms with Crippen LogP contribution in [0.2, 0.25) is 0 Å². The molecule has 0 spiro atoms. The van der Waals surface area contributed by atoms with Crippen LogP contribution < -0.4 is 10.6 Å². The van der Waals surface area contributed by atoms with Crippen LogP contribution in [-0.4, -0.2) is 121 Å². The summed E-state index contributed by atoms with van der Waals surface area (Å²) in [6, 6.07) is 12.1. The zero-order chi connectivity index (χ0) is 52.0. The van der Waals surface area contributed by atoms with Gasteiger partial charge in [0.2, 0.25) is 11.8 Å². The van der Waals surface area contributed by atoms with E-state index in [9.17, 15) is 47.9 Å². The summed E-state index contributed by atoms with van der Waals surface area (Å²) in [7, 11) is 0. The van der Waals surface area contributed by atoms with Crippen LogP contribution in [0.1, 0.15) is 108 Å². The first-order valence-corrected chi connectivity index (χ1v) is 23.8. The molecule has 0 saturated heterocycles. The van der Waals surface area contributed by atoms with Crippen molar-refractivity contribution in [3.8, 4) is 0 Å². The number of nitrogens with zero attached hydrogens (tertiary/aromatic N) is 2. The first kappa shape index (κ1) is 51.8. The van der Waals surface area contributed by atoms with Gasteiger partial charge < -0.3 is 29.6 Å². The number of nitrogens with one attached hydrogen (secondary N) is 2. The van der Waals surface area contributed by atoms with Crippen LogP contribution in [0.4, 0.5) is 0 Å². The maximum Gasteiger partial charge on any atom is 0.306 e. The van der Waals surface area contributed by atoms with E-state index in [1.54, 1.807) is 48.5 Å². The third-order valence-electron chi connectivity index (χ3n) is 12.6. The van der Waals surface area contributed by atoms with E-state index in [1.165, 1.54) is 0 Å². The molecule has 0 fully saturated rings. The first-order valence-electron chi connectivity index (χ1n) is 23.8. The van der Waals surface area contributed by atoms with Crippen LogP contribution in [0.15, 0.2) is 73.8 Å². The van der Waals surface area contributed by atoms with Crippen LogP contribution in [0, 0.1) is 11.8 Å². The Hall–Kier alpha value is -8.02. The average Bonchev–Trinajstić information content (AvgIpc) is 3.35. The Bertz CT molecular complexity index is 2740. The second kappa shape index (κ2) is 22.4. The minimum Gasteiger partial charge on any atom is -0.464 e. The molecule has 0 radical (unpaired) electrons. The van der Waals surface area contributed by atoms with Gasteiger partial charge in [-0.05, 0) is 93.4 Å². The topological polar surface area (TPSA) is 238 Å². The molecule has 72 heavy (non-hydrogen) atoms. The van der Waals surface area contributed by atoms with Gasteiger partial charge in [0.1, 0.15) is 26.4 Å². The van der Waals surface area contributed by atoms with Crippen molar-refractivity contribution >= 4 is 102 Å². The third kappa shape index (κ3) is 10.8. The van der Waals surface area contributed by atoms with Gasteiger partial charge in [0.25, 0.3) is 23.6 Å². The van der Waals surface area contributed by atoms with Gasteiger partial charge in [0.15, 0.2) is 0 Å². The molecular formula is C54H56N4O14. The first-order chi connectivity index (χ1) is 34.4. The summed E-state index contributed by atoms with van der Waals surface area (Å²) < 4.78 is 21.2. The van der Waals surface area contributed by atoms with Crippen molar-refractivity contribution in [1.82, 2.24) is 20.4 Å². The Labute approximate surface area is 414 Å². The Morgan fingerprint density at radius 1 is 0.472 bits per heavy atom. The fourth-order valence-electron chi connectivity index (χ4n) is 9.45. The number of esters is 4. The van der Waals surface area contributed by atoms with E-state index >= 15 is 0 Å². The van der Waals surface area contributed by atoms with Crippen molar-refractivity contribution in [3.63, 3.8) is 0 Å². The van der Waals surface area contributed by atoms with Gasteiger partial charge in [-0.1, -0.05) is 65.1 Å². The molecule has 18 heteroatoms. The summed E-state index contributed by atoms with van der Waals surface area (Å²) in [6.45, 7) is 13.7. The molecule has 0 bridgehead atoms. The van der Waals surface area contributed by atoms with E-state index in [4.69, 9.17) is 18.9 Å². The molecule has 376 valence electrons. The molecule has 0 aromatic heterocycles. The fraction of sp³-hybridized carbons (Fsp3) is 0.370. The van der Waals surface area contributed by atoms with Crippen LogP contribution in [0.25, 0.3) is 43.1 Å². The zero-order valence-corrected chi connectivity index (χ0v) is 40.6. The molecule has 2 aliphatic heterocycles. The molecule has 2 unspecified atom stereocenters. The maximum atomic E-state index is 14.6. The number of rotatable bonds is 24. The Kier molecular flexibility index (Phi) is 16.1. The minimum absolute atomic E-state index is 0.0163. The molecule has 2 heterocycles. The van der Waals surface area contributed by atoms with Crippen molar-refractivity contribution in [2.75, 3.05) is 39.5 Å². The number of carbonyl (C=O) groups excluding carboxylic acids is 10. The normalized spacial score (nSPS) is 14.0. The molecule has 2 N–H and O–H groups in total. The highest BCUT2D eigenvalue weighted by Crippen LogP contribution is 2.47. The van der Waals surface area contributed by atoms with Gasteiger partial charge >= 0.3 is 23.9 Å². The number of hydrogen-bond donors (Lipinski definition) is 2. The van der Waals surface area contributed by atoms with E-state index in [0.717, 1.165) is 22.0 Å². The zero-order valence-electron chi connectivity index (χ0n) is 40.6. The predicted octanol–water partition coefficient (Wildman–Crippen LogP) is 6.10. The van der Waals surface area contributed by atoms with Crippen molar-refractivity contribution in [2.24, 2.45) is 11.8 Å². The molecule has 0 aliphatic carbocycles. The number of imide groups is 2. The van der Waals surface area contributed by atoms with E-state index in [1.807, 2.05) is 27.7 Å². The number of benzene rings is 5.